The lowest BCUT2D eigenvalue weighted by Crippen LogP contribution is -2.41. The molecule has 0 aliphatic carbocycles. The van der Waals surface area contributed by atoms with Gasteiger partial charge in [0.1, 0.15) is 11.6 Å². The lowest BCUT2D eigenvalue weighted by atomic mass is 9.98. The molecule has 34 heavy (non-hydrogen) atoms. The number of benzene rings is 2. The number of urea groups is 1. The lowest BCUT2D eigenvalue weighted by molar-refractivity contribution is 0.206. The summed E-state index contributed by atoms with van der Waals surface area (Å²) in [6.45, 7) is 5.41. The molecule has 2 aliphatic heterocycles. The topological polar surface area (TPSA) is 70.6 Å². The maximum atomic E-state index is 13.1. The first-order chi connectivity index (χ1) is 16.6. The molecule has 2 aliphatic rings. The maximum Gasteiger partial charge on any atom is 0.322 e. The number of methoxy groups -OCH3 is 1. The molecule has 3 heterocycles. The van der Waals surface area contributed by atoms with Gasteiger partial charge in [0.25, 0.3) is 0 Å². The molecule has 2 aromatic carbocycles. The molecule has 2 amide bonds. The SMILES string of the molecule is COc1ccc(NC(=O)N2CCc3nc(-c4ccccc4)nc(N4CCC(C)CC4)c3C2)cc1. The van der Waals surface area contributed by atoms with Gasteiger partial charge in [0.15, 0.2) is 5.82 Å². The molecular weight excluding hydrogens is 426 g/mol. The highest BCUT2D eigenvalue weighted by molar-refractivity contribution is 5.89. The minimum atomic E-state index is -0.110. The highest BCUT2D eigenvalue weighted by atomic mass is 16.5. The van der Waals surface area contributed by atoms with Crippen molar-refractivity contribution in [1.29, 1.82) is 0 Å². The number of nitrogens with one attached hydrogen (secondary N) is 1. The Kier molecular flexibility index (Phi) is 6.34. The molecule has 0 radical (unpaired) electrons. The summed E-state index contributed by atoms with van der Waals surface area (Å²) >= 11 is 0. The number of hydrogen-bond acceptors (Lipinski definition) is 5. The van der Waals surface area contributed by atoms with Gasteiger partial charge in [-0.3, -0.25) is 0 Å². The van der Waals surface area contributed by atoms with E-state index in [1.165, 1.54) is 0 Å². The first-order valence-electron chi connectivity index (χ1n) is 12.0. The predicted octanol–water partition coefficient (Wildman–Crippen LogP) is 4.98. The highest BCUT2D eigenvalue weighted by Gasteiger charge is 2.29. The Labute approximate surface area is 200 Å². The van der Waals surface area contributed by atoms with E-state index in [4.69, 9.17) is 14.7 Å². The van der Waals surface area contributed by atoms with Gasteiger partial charge in [-0.15, -0.1) is 0 Å². The van der Waals surface area contributed by atoms with Crippen molar-refractivity contribution in [1.82, 2.24) is 14.9 Å². The summed E-state index contributed by atoms with van der Waals surface area (Å²) in [5.74, 6) is 3.24. The zero-order valence-corrected chi connectivity index (χ0v) is 19.8. The molecule has 0 bridgehead atoms. The summed E-state index contributed by atoms with van der Waals surface area (Å²) in [5, 5.41) is 3.01. The third-order valence-electron chi connectivity index (χ3n) is 6.78. The Balaban J connectivity index is 1.42. The van der Waals surface area contributed by atoms with Crippen LogP contribution in [0.1, 0.15) is 31.0 Å². The van der Waals surface area contributed by atoms with Crippen molar-refractivity contribution < 1.29 is 9.53 Å². The zero-order valence-electron chi connectivity index (χ0n) is 19.8. The van der Waals surface area contributed by atoms with Crippen molar-refractivity contribution in [2.24, 2.45) is 5.92 Å². The second-order valence-electron chi connectivity index (χ2n) is 9.16. The molecule has 1 fully saturated rings. The van der Waals surface area contributed by atoms with Crippen LogP contribution in [-0.4, -0.2) is 47.6 Å². The smallest absolute Gasteiger partial charge is 0.322 e. The summed E-state index contributed by atoms with van der Waals surface area (Å²) in [6, 6.07) is 17.4. The summed E-state index contributed by atoms with van der Waals surface area (Å²) in [5.41, 5.74) is 3.90. The van der Waals surface area contributed by atoms with Crippen molar-refractivity contribution >= 4 is 17.5 Å². The molecule has 0 spiro atoms. The van der Waals surface area contributed by atoms with Gasteiger partial charge in [-0.1, -0.05) is 37.3 Å². The summed E-state index contributed by atoms with van der Waals surface area (Å²) in [4.78, 5) is 27.3. The van der Waals surface area contributed by atoms with Crippen LogP contribution in [0.5, 0.6) is 5.75 Å². The Morgan fingerprint density at radius 2 is 1.74 bits per heavy atom. The van der Waals surface area contributed by atoms with E-state index < -0.39 is 0 Å². The van der Waals surface area contributed by atoms with Crippen molar-refractivity contribution in [3.8, 4) is 17.1 Å². The van der Waals surface area contributed by atoms with E-state index in [1.54, 1.807) is 7.11 Å². The first-order valence-corrected chi connectivity index (χ1v) is 12.0. The number of ether oxygens (including phenoxy) is 1. The van der Waals surface area contributed by atoms with Crippen molar-refractivity contribution in [3.63, 3.8) is 0 Å². The van der Waals surface area contributed by atoms with Crippen LogP contribution in [0.25, 0.3) is 11.4 Å². The molecule has 5 rings (SSSR count). The fourth-order valence-corrected chi connectivity index (χ4v) is 4.65. The number of amides is 2. The normalized spacial score (nSPS) is 16.2. The fourth-order valence-electron chi connectivity index (χ4n) is 4.65. The van der Waals surface area contributed by atoms with Gasteiger partial charge in [-0.05, 0) is 43.0 Å². The zero-order chi connectivity index (χ0) is 23.5. The molecule has 7 heteroatoms. The van der Waals surface area contributed by atoms with Crippen LogP contribution in [0.4, 0.5) is 16.3 Å². The van der Waals surface area contributed by atoms with Crippen molar-refractivity contribution in [2.45, 2.75) is 32.7 Å². The van der Waals surface area contributed by atoms with Gasteiger partial charge in [0.05, 0.1) is 19.3 Å². The number of rotatable bonds is 4. The highest BCUT2D eigenvalue weighted by Crippen LogP contribution is 2.32. The minimum absolute atomic E-state index is 0.110. The third-order valence-corrected chi connectivity index (χ3v) is 6.78. The van der Waals surface area contributed by atoms with E-state index in [-0.39, 0.29) is 6.03 Å². The number of hydrogen-bond donors (Lipinski definition) is 1. The second kappa shape index (κ2) is 9.71. The monoisotopic (exact) mass is 457 g/mol. The summed E-state index contributed by atoms with van der Waals surface area (Å²) < 4.78 is 5.21. The van der Waals surface area contributed by atoms with Crippen LogP contribution in [0.3, 0.4) is 0 Å². The van der Waals surface area contributed by atoms with Crippen LogP contribution >= 0.6 is 0 Å². The largest absolute Gasteiger partial charge is 0.497 e. The van der Waals surface area contributed by atoms with Gasteiger partial charge in [0.2, 0.25) is 0 Å². The average Bonchev–Trinajstić information content (AvgIpc) is 2.89. The molecule has 3 aromatic rings. The van der Waals surface area contributed by atoms with Gasteiger partial charge >= 0.3 is 6.03 Å². The van der Waals surface area contributed by atoms with Gasteiger partial charge in [0, 0.05) is 42.9 Å². The molecule has 1 saturated heterocycles. The molecule has 0 unspecified atom stereocenters. The molecular formula is C27H31N5O2. The van der Waals surface area contributed by atoms with Gasteiger partial charge in [-0.2, -0.15) is 0 Å². The molecule has 0 atom stereocenters. The number of nitrogens with zero attached hydrogens (tertiary/aromatic N) is 4. The van der Waals surface area contributed by atoms with Crippen LogP contribution in [0, 0.1) is 5.92 Å². The quantitative estimate of drug-likeness (QED) is 0.598. The molecule has 1 aromatic heterocycles. The number of fused-ring (bicyclic) bond motifs is 1. The molecule has 1 N–H and O–H groups in total. The van der Waals surface area contributed by atoms with E-state index >= 15 is 0 Å². The molecule has 176 valence electrons. The van der Waals surface area contributed by atoms with E-state index in [1.807, 2.05) is 47.4 Å². The van der Waals surface area contributed by atoms with Gasteiger partial charge in [-0.25, -0.2) is 14.8 Å². The van der Waals surface area contributed by atoms with E-state index in [0.717, 1.165) is 71.7 Å². The third kappa shape index (κ3) is 4.69. The second-order valence-corrected chi connectivity index (χ2v) is 9.16. The number of aromatic nitrogens is 2. The standard InChI is InChI=1S/C27H31N5O2/c1-19-12-15-31(16-13-19)26-23-18-32(27(33)28-21-8-10-22(34-2)11-9-21)17-14-24(23)29-25(30-26)20-6-4-3-5-7-20/h3-11,19H,12-18H2,1-2H3,(H,28,33). The van der Waals surface area contributed by atoms with Gasteiger partial charge < -0.3 is 19.9 Å². The number of piperidine rings is 1. The summed E-state index contributed by atoms with van der Waals surface area (Å²) in [6.07, 6.45) is 3.02. The Morgan fingerprint density at radius 1 is 1.00 bits per heavy atom. The fraction of sp³-hybridized carbons (Fsp3) is 0.370. The minimum Gasteiger partial charge on any atom is -0.497 e. The van der Waals surface area contributed by atoms with Crippen molar-refractivity contribution in [2.75, 3.05) is 37.0 Å². The number of anilines is 2. The Morgan fingerprint density at radius 3 is 2.44 bits per heavy atom. The van der Waals surface area contributed by atoms with Crippen LogP contribution in [0.2, 0.25) is 0 Å². The summed E-state index contributed by atoms with van der Waals surface area (Å²) in [7, 11) is 1.63. The predicted molar refractivity (Wildman–Crippen MR) is 134 cm³/mol. The van der Waals surface area contributed by atoms with Crippen molar-refractivity contribution in [3.05, 3.63) is 65.9 Å². The first kappa shape index (κ1) is 22.2. The number of carbonyl (C=O) groups is 1. The Bertz CT molecular complexity index is 1140. The van der Waals surface area contributed by atoms with Crippen LogP contribution < -0.4 is 15.0 Å². The maximum absolute atomic E-state index is 13.1. The Hall–Kier alpha value is -3.61. The number of carbonyl (C=O) groups excluding carboxylic acids is 1. The molecule has 7 nitrogen and oxygen atoms in total. The van der Waals surface area contributed by atoms with Crippen LogP contribution in [-0.2, 0) is 13.0 Å². The van der Waals surface area contributed by atoms with Crippen LogP contribution in [0.15, 0.2) is 54.6 Å². The van der Waals surface area contributed by atoms with E-state index in [0.29, 0.717) is 19.5 Å². The average molecular weight is 458 g/mol. The van der Waals surface area contributed by atoms with E-state index in [9.17, 15) is 4.79 Å². The lowest BCUT2D eigenvalue weighted by Gasteiger charge is -2.36. The van der Waals surface area contributed by atoms with E-state index in [2.05, 4.69) is 29.3 Å². The molecule has 0 saturated carbocycles.